The normalized spacial score (nSPS) is 23.3. The topological polar surface area (TPSA) is 136 Å². The van der Waals surface area contributed by atoms with Crippen LogP contribution < -0.4 is 14.8 Å². The van der Waals surface area contributed by atoms with E-state index in [-0.39, 0.29) is 28.5 Å². The van der Waals surface area contributed by atoms with Gasteiger partial charge in [-0.3, -0.25) is 9.71 Å². The highest BCUT2D eigenvalue weighted by molar-refractivity contribution is 7.73. The largest absolute Gasteiger partial charge is 0.504 e. The van der Waals surface area contributed by atoms with E-state index in [1.807, 2.05) is 0 Å². The van der Waals surface area contributed by atoms with Gasteiger partial charge >= 0.3 is 0 Å². The van der Waals surface area contributed by atoms with Gasteiger partial charge in [-0.15, -0.1) is 0 Å². The highest BCUT2D eigenvalue weighted by Crippen LogP contribution is 2.46. The molecule has 3 N–H and O–H groups in total. The third-order valence-corrected chi connectivity index (χ3v) is 7.72. The molecule has 2 bridgehead atoms. The van der Waals surface area contributed by atoms with E-state index >= 15 is 0 Å². The van der Waals surface area contributed by atoms with Crippen molar-refractivity contribution in [2.75, 3.05) is 18.4 Å². The van der Waals surface area contributed by atoms with Crippen molar-refractivity contribution in [1.82, 2.24) is 20.3 Å². The van der Waals surface area contributed by atoms with Gasteiger partial charge in [-0.1, -0.05) is 0 Å². The van der Waals surface area contributed by atoms with Crippen LogP contribution in [0.3, 0.4) is 0 Å². The van der Waals surface area contributed by atoms with Gasteiger partial charge in [0.1, 0.15) is 5.82 Å². The summed E-state index contributed by atoms with van der Waals surface area (Å²) in [5, 5.41) is 13.3. The lowest BCUT2D eigenvalue weighted by Gasteiger charge is -2.53. The molecular weight excluding hydrogens is 489 g/mol. The summed E-state index contributed by atoms with van der Waals surface area (Å²) in [4.78, 5) is 12.8. The molecule has 0 amide bonds. The number of ether oxygens (including phenoxy) is 2. The Morgan fingerprint density at radius 1 is 1.17 bits per heavy atom. The molecule has 6 rings (SSSR count). The number of hydrogen-bond donors (Lipinski definition) is 4. The second-order valence-corrected chi connectivity index (χ2v) is 10.2. The van der Waals surface area contributed by atoms with Gasteiger partial charge in [0.25, 0.3) is 0 Å². The highest BCUT2D eigenvalue weighted by Gasteiger charge is 2.49. The molecular formula is C24H28FN5O5S. The number of fused-ring (bicyclic) bond motifs is 4. The first-order chi connectivity index (χ1) is 17.3. The summed E-state index contributed by atoms with van der Waals surface area (Å²) in [6, 6.07) is 6.56. The fourth-order valence-electron chi connectivity index (χ4n) is 5.13. The Hall–Kier alpha value is -3.09. The van der Waals surface area contributed by atoms with Crippen molar-refractivity contribution in [2.45, 2.75) is 56.2 Å². The first-order valence-corrected chi connectivity index (χ1v) is 13.0. The van der Waals surface area contributed by atoms with E-state index in [2.05, 4.69) is 25.0 Å². The van der Waals surface area contributed by atoms with Crippen LogP contribution in [0.25, 0.3) is 11.0 Å². The van der Waals surface area contributed by atoms with Crippen LogP contribution in [0.5, 0.6) is 11.6 Å². The van der Waals surface area contributed by atoms with Crippen LogP contribution in [-0.4, -0.2) is 53.3 Å². The number of aromatic nitrogens is 3. The molecule has 192 valence electrons. The van der Waals surface area contributed by atoms with Crippen molar-refractivity contribution in [1.29, 1.82) is 0 Å². The van der Waals surface area contributed by atoms with Crippen LogP contribution in [0.4, 0.5) is 10.2 Å². The van der Waals surface area contributed by atoms with Crippen LogP contribution in [0.15, 0.2) is 30.5 Å². The molecule has 36 heavy (non-hydrogen) atoms. The standard InChI is InChI=1S/C24H28FN5O5S/c1-34-20-5-3-18-21(29-20)16(17(25)13-26-18)6-7-24-10-8-23(9-11-24,14-35-24)27-12-15-2-4-19(31)22(28-15)30-36(32)33/h2-5,13,27,31,36H,6-12,14H2,1H3,(H,28,30,32,33). The average molecular weight is 518 g/mol. The molecule has 0 radical (unpaired) electrons. The third kappa shape index (κ3) is 4.93. The van der Waals surface area contributed by atoms with Gasteiger partial charge in [0.05, 0.1) is 42.2 Å². The van der Waals surface area contributed by atoms with Crippen molar-refractivity contribution >= 4 is 27.7 Å². The molecule has 0 spiro atoms. The number of aryl methyl sites for hydroxylation is 1. The minimum Gasteiger partial charge on any atom is -0.504 e. The average Bonchev–Trinajstić information content (AvgIpc) is 2.89. The molecule has 0 atom stereocenters. The zero-order valence-corrected chi connectivity index (χ0v) is 20.7. The van der Waals surface area contributed by atoms with Crippen LogP contribution in [0.1, 0.15) is 43.4 Å². The second kappa shape index (κ2) is 9.75. The number of hydrogen-bond acceptors (Lipinski definition) is 9. The Morgan fingerprint density at radius 3 is 2.67 bits per heavy atom. The zero-order chi connectivity index (χ0) is 25.3. The lowest BCUT2D eigenvalue weighted by Crippen LogP contribution is -2.61. The molecule has 3 fully saturated rings. The van der Waals surface area contributed by atoms with E-state index in [1.165, 1.54) is 19.4 Å². The number of methoxy groups -OCH3 is 1. The number of aromatic hydroxyl groups is 1. The van der Waals surface area contributed by atoms with Gasteiger partial charge in [0, 0.05) is 23.7 Å². The van der Waals surface area contributed by atoms with E-state index < -0.39 is 10.9 Å². The van der Waals surface area contributed by atoms with Crippen molar-refractivity contribution in [2.24, 2.45) is 0 Å². The molecule has 2 saturated heterocycles. The summed E-state index contributed by atoms with van der Waals surface area (Å²) in [7, 11) is -1.40. The minimum atomic E-state index is -2.92. The molecule has 5 heterocycles. The van der Waals surface area contributed by atoms with Gasteiger partial charge in [-0.05, 0) is 56.7 Å². The van der Waals surface area contributed by atoms with E-state index in [9.17, 15) is 17.9 Å². The molecule has 0 aromatic carbocycles. The Bertz CT molecular complexity index is 1340. The van der Waals surface area contributed by atoms with E-state index in [1.54, 1.807) is 18.2 Å². The third-order valence-electron chi connectivity index (χ3n) is 7.33. The van der Waals surface area contributed by atoms with Crippen molar-refractivity contribution in [3.8, 4) is 11.6 Å². The zero-order valence-electron chi connectivity index (χ0n) is 19.8. The molecule has 1 aliphatic carbocycles. The number of anilines is 1. The molecule has 1 saturated carbocycles. The number of nitrogens with one attached hydrogen (secondary N) is 2. The van der Waals surface area contributed by atoms with E-state index in [0.717, 1.165) is 25.7 Å². The molecule has 2 aliphatic heterocycles. The van der Waals surface area contributed by atoms with E-state index in [0.29, 0.717) is 54.2 Å². The predicted octanol–water partition coefficient (Wildman–Crippen LogP) is 2.62. The fourth-order valence-corrected chi connectivity index (χ4v) is 5.47. The Morgan fingerprint density at radius 2 is 1.97 bits per heavy atom. The van der Waals surface area contributed by atoms with Crippen LogP contribution in [0.2, 0.25) is 0 Å². The van der Waals surface area contributed by atoms with Gasteiger partial charge < -0.3 is 19.9 Å². The summed E-state index contributed by atoms with van der Waals surface area (Å²) in [6.07, 6.45) is 5.89. The summed E-state index contributed by atoms with van der Waals surface area (Å²) >= 11 is 0. The summed E-state index contributed by atoms with van der Waals surface area (Å²) in [5.41, 5.74) is 1.77. The molecule has 0 unspecified atom stereocenters. The van der Waals surface area contributed by atoms with Gasteiger partial charge in [-0.25, -0.2) is 22.8 Å². The SMILES string of the molecule is COc1ccc2ncc(F)c(CCC34CCC(NCc5ccc(O)c(N[SH](=O)=O)n5)(CC3)CO4)c2n1. The summed E-state index contributed by atoms with van der Waals surface area (Å²) in [5.74, 6) is -0.274. The van der Waals surface area contributed by atoms with Gasteiger partial charge in [0.2, 0.25) is 16.8 Å². The predicted molar refractivity (Wildman–Crippen MR) is 131 cm³/mol. The summed E-state index contributed by atoms with van der Waals surface area (Å²) in [6.45, 7) is 0.928. The van der Waals surface area contributed by atoms with Crippen molar-refractivity contribution in [3.05, 3.63) is 47.5 Å². The van der Waals surface area contributed by atoms with Crippen LogP contribution in [-0.2, 0) is 28.6 Å². The second-order valence-electron chi connectivity index (χ2n) is 9.45. The fraction of sp³-hybridized carbons (Fsp3) is 0.458. The van der Waals surface area contributed by atoms with Gasteiger partial charge in [0.15, 0.2) is 11.6 Å². The Kier molecular flexibility index (Phi) is 6.66. The number of pyridine rings is 3. The maximum absolute atomic E-state index is 14.7. The highest BCUT2D eigenvalue weighted by atomic mass is 32.2. The van der Waals surface area contributed by atoms with Crippen molar-refractivity contribution in [3.63, 3.8) is 0 Å². The first kappa shape index (κ1) is 24.6. The smallest absolute Gasteiger partial charge is 0.223 e. The van der Waals surface area contributed by atoms with Crippen molar-refractivity contribution < 1.29 is 27.4 Å². The Balaban J connectivity index is 1.23. The number of nitrogens with zero attached hydrogens (tertiary/aromatic N) is 3. The molecule has 10 nitrogen and oxygen atoms in total. The first-order valence-electron chi connectivity index (χ1n) is 11.8. The molecule has 3 aliphatic rings. The number of rotatable bonds is 9. The minimum absolute atomic E-state index is 0.0894. The number of halogens is 1. The van der Waals surface area contributed by atoms with Crippen LogP contribution >= 0.6 is 0 Å². The Labute approximate surface area is 209 Å². The van der Waals surface area contributed by atoms with Gasteiger partial charge in [-0.2, -0.15) is 0 Å². The van der Waals surface area contributed by atoms with Crippen LogP contribution in [0, 0.1) is 5.82 Å². The molecule has 3 aromatic heterocycles. The number of thiol groups is 1. The lowest BCUT2D eigenvalue weighted by molar-refractivity contribution is -0.165. The quantitative estimate of drug-likeness (QED) is 0.316. The monoisotopic (exact) mass is 517 g/mol. The summed E-state index contributed by atoms with van der Waals surface area (Å²) < 4.78 is 50.3. The van der Waals surface area contributed by atoms with E-state index in [4.69, 9.17) is 9.47 Å². The maximum Gasteiger partial charge on any atom is 0.223 e. The molecule has 3 aromatic rings. The molecule has 12 heteroatoms. The lowest BCUT2D eigenvalue weighted by atomic mass is 9.69. The maximum atomic E-state index is 14.7.